The summed E-state index contributed by atoms with van der Waals surface area (Å²) in [6.45, 7) is 1.55. The van der Waals surface area contributed by atoms with Gasteiger partial charge >= 0.3 is 29.4 Å². The van der Waals surface area contributed by atoms with Crippen molar-refractivity contribution in [1.82, 2.24) is 19.5 Å². The number of esters is 1. The fraction of sp³-hybridized carbons (Fsp3) is 0.429. The van der Waals surface area contributed by atoms with Gasteiger partial charge in [0.2, 0.25) is 0 Å². The van der Waals surface area contributed by atoms with E-state index in [2.05, 4.69) is 23.6 Å². The van der Waals surface area contributed by atoms with Crippen LogP contribution in [0.3, 0.4) is 0 Å². The number of aromatic nitrogens is 4. The maximum absolute atomic E-state index is 13.5. The predicted octanol–water partition coefficient (Wildman–Crippen LogP) is 2.67. The largest absolute Gasteiger partial charge is 0.490 e. The number of rotatable bonds is 15. The standard InChI is InChI=1S/C21H29N6O13P3S2/c1-12(45-44-7-6-22)13-4-2-3-5-14(13)21(28)38-15-8-17(27-11-26-18-19(23)24-10-25-20(18)27)37-16(15)9-36-42(32,33)40-43(34,35)39-41(29,30)31/h2-5,10-12,15-17H,6-9,22H2,1H3,(H,32,33)(H,34,35)(H2,23,24,25)(H2,29,30,31)/t12?,15-,16?,17-/m1/s1. The van der Waals surface area contributed by atoms with Crippen LogP contribution in [0.2, 0.25) is 0 Å². The van der Waals surface area contributed by atoms with Crippen LogP contribution in [0.5, 0.6) is 0 Å². The number of fused-ring (bicyclic) bond motifs is 1. The summed E-state index contributed by atoms with van der Waals surface area (Å²) in [5.41, 5.74) is 12.9. The molecular weight excluding hydrogens is 701 g/mol. The molecule has 1 saturated heterocycles. The number of nitrogen functional groups attached to an aromatic ring is 1. The maximum Gasteiger partial charge on any atom is 0.490 e. The quantitative estimate of drug-likeness (QED) is 0.0567. The van der Waals surface area contributed by atoms with Crippen molar-refractivity contribution in [3.63, 3.8) is 0 Å². The molecular formula is C21H29N6O13P3S2. The van der Waals surface area contributed by atoms with Crippen molar-refractivity contribution in [2.75, 3.05) is 24.6 Å². The topological polar surface area (TPSA) is 291 Å². The minimum atomic E-state index is -5.76. The van der Waals surface area contributed by atoms with Crippen molar-refractivity contribution in [2.45, 2.75) is 37.0 Å². The lowest BCUT2D eigenvalue weighted by molar-refractivity contribution is -0.0490. The van der Waals surface area contributed by atoms with Crippen molar-refractivity contribution in [2.24, 2.45) is 5.73 Å². The molecule has 0 aliphatic carbocycles. The molecule has 24 heteroatoms. The molecule has 0 radical (unpaired) electrons. The highest BCUT2D eigenvalue weighted by atomic mass is 33.1. The first-order valence-corrected chi connectivity index (χ1v) is 19.6. The van der Waals surface area contributed by atoms with Crippen molar-refractivity contribution < 1.29 is 60.7 Å². The fourth-order valence-corrected chi connectivity index (χ4v) is 9.42. The zero-order chi connectivity index (χ0) is 33.0. The Morgan fingerprint density at radius 1 is 1.13 bits per heavy atom. The Morgan fingerprint density at radius 3 is 2.58 bits per heavy atom. The normalized spacial score (nSPS) is 22.1. The molecule has 6 atom stereocenters. The lowest BCUT2D eigenvalue weighted by atomic mass is 10.0. The number of nitrogens with zero attached hydrogens (tertiary/aromatic N) is 4. The van der Waals surface area contributed by atoms with Crippen LogP contribution < -0.4 is 11.5 Å². The third-order valence-electron chi connectivity index (χ3n) is 5.99. The van der Waals surface area contributed by atoms with E-state index < -0.39 is 54.5 Å². The van der Waals surface area contributed by atoms with Crippen LogP contribution in [0.15, 0.2) is 36.9 Å². The van der Waals surface area contributed by atoms with E-state index in [4.69, 9.17) is 35.3 Å². The first-order valence-electron chi connectivity index (χ1n) is 12.7. The van der Waals surface area contributed by atoms with Gasteiger partial charge in [0.05, 0.1) is 18.5 Å². The van der Waals surface area contributed by atoms with Crippen LogP contribution >= 0.6 is 45.1 Å². The van der Waals surface area contributed by atoms with Crippen molar-refractivity contribution >= 4 is 68.0 Å². The number of carbonyl (C=O) groups is 1. The van der Waals surface area contributed by atoms with Gasteiger partial charge in [0.25, 0.3) is 0 Å². The number of hydrogen-bond donors (Lipinski definition) is 6. The molecule has 0 amide bonds. The Balaban J connectivity index is 1.56. The Labute approximate surface area is 263 Å². The second-order valence-electron chi connectivity index (χ2n) is 9.21. The lowest BCUT2D eigenvalue weighted by Crippen LogP contribution is -2.31. The number of nitrogens with two attached hydrogens (primary N) is 2. The molecule has 8 N–H and O–H groups in total. The summed E-state index contributed by atoms with van der Waals surface area (Å²) in [5.74, 6) is 0.0674. The SMILES string of the molecule is CC(SSCCN)c1ccccc1C(=O)O[C@@H]1C[C@H](n2cnc3c(N)ncnc32)OC1COP(=O)(O)OP(=O)(O)OP(=O)(O)O. The van der Waals surface area contributed by atoms with Gasteiger partial charge in [-0.2, -0.15) is 8.62 Å². The van der Waals surface area contributed by atoms with Gasteiger partial charge in [-0.3, -0.25) is 9.09 Å². The molecule has 1 aliphatic heterocycles. The second kappa shape index (κ2) is 14.9. The lowest BCUT2D eigenvalue weighted by Gasteiger charge is -2.22. The molecule has 1 aromatic carbocycles. The van der Waals surface area contributed by atoms with Crippen LogP contribution in [-0.4, -0.2) is 76.2 Å². The summed E-state index contributed by atoms with van der Waals surface area (Å²) in [6.07, 6.45) is -0.805. The number of imidazole rings is 1. The van der Waals surface area contributed by atoms with Gasteiger partial charge in [-0.05, 0) is 18.6 Å². The highest BCUT2D eigenvalue weighted by molar-refractivity contribution is 8.76. The Morgan fingerprint density at radius 2 is 1.87 bits per heavy atom. The van der Waals surface area contributed by atoms with Crippen molar-refractivity contribution in [3.8, 4) is 0 Å². The number of hydrogen-bond acceptors (Lipinski definition) is 16. The van der Waals surface area contributed by atoms with Gasteiger partial charge < -0.3 is 40.5 Å². The molecule has 1 aliphatic rings. The number of ether oxygens (including phenoxy) is 2. The molecule has 2 aromatic heterocycles. The van der Waals surface area contributed by atoms with Crippen molar-refractivity contribution in [1.29, 1.82) is 0 Å². The summed E-state index contributed by atoms with van der Waals surface area (Å²) < 4.78 is 60.6. The molecule has 45 heavy (non-hydrogen) atoms. The molecule has 3 heterocycles. The van der Waals surface area contributed by atoms with Gasteiger partial charge in [-0.15, -0.1) is 0 Å². The van der Waals surface area contributed by atoms with Gasteiger partial charge in [-0.1, -0.05) is 39.8 Å². The van der Waals surface area contributed by atoms with Gasteiger partial charge in [0.15, 0.2) is 11.5 Å². The highest BCUT2D eigenvalue weighted by Crippen LogP contribution is 2.66. The average Bonchev–Trinajstić information content (AvgIpc) is 3.55. The Hall–Kier alpha value is -1.93. The van der Waals surface area contributed by atoms with E-state index in [-0.39, 0.29) is 34.2 Å². The minimum Gasteiger partial charge on any atom is -0.456 e. The number of carbonyl (C=O) groups excluding carboxylic acids is 1. The number of phosphoric acid groups is 3. The predicted molar refractivity (Wildman–Crippen MR) is 161 cm³/mol. The zero-order valence-corrected chi connectivity index (χ0v) is 27.5. The molecule has 3 aromatic rings. The number of phosphoric ester groups is 1. The molecule has 0 saturated carbocycles. The van der Waals surface area contributed by atoms with Crippen LogP contribution in [0.1, 0.15) is 40.7 Å². The van der Waals surface area contributed by atoms with E-state index in [0.29, 0.717) is 17.9 Å². The monoisotopic (exact) mass is 730 g/mol. The molecule has 19 nitrogen and oxygen atoms in total. The zero-order valence-electron chi connectivity index (χ0n) is 23.2. The molecule has 0 bridgehead atoms. The summed E-state index contributed by atoms with van der Waals surface area (Å²) in [4.78, 5) is 62.6. The van der Waals surface area contributed by atoms with Crippen LogP contribution in [0.4, 0.5) is 5.82 Å². The number of benzene rings is 1. The van der Waals surface area contributed by atoms with Crippen molar-refractivity contribution in [3.05, 3.63) is 48.0 Å². The summed E-state index contributed by atoms with van der Waals surface area (Å²) in [5, 5.41) is -0.124. The van der Waals surface area contributed by atoms with Crippen LogP contribution in [-0.2, 0) is 36.3 Å². The summed E-state index contributed by atoms with van der Waals surface area (Å²) >= 11 is 0. The Kier molecular flexibility index (Phi) is 11.9. The molecule has 4 rings (SSSR count). The minimum absolute atomic E-state index is 0.0373. The molecule has 4 unspecified atom stereocenters. The smallest absolute Gasteiger partial charge is 0.456 e. The van der Waals surface area contributed by atoms with E-state index in [0.717, 1.165) is 0 Å². The molecule has 0 spiro atoms. The first-order chi connectivity index (χ1) is 21.1. The maximum atomic E-state index is 13.5. The average molecular weight is 731 g/mol. The highest BCUT2D eigenvalue weighted by Gasteiger charge is 2.44. The fourth-order valence-electron chi connectivity index (χ4n) is 4.19. The van der Waals surface area contributed by atoms with Crippen LogP contribution in [0, 0.1) is 0 Å². The third-order valence-corrected chi connectivity index (χ3v) is 12.6. The summed E-state index contributed by atoms with van der Waals surface area (Å²) in [6, 6.07) is 6.79. The molecule has 1 fully saturated rings. The second-order valence-corrected chi connectivity index (χ2v) is 16.5. The first kappa shape index (κ1) is 35.9. The van der Waals surface area contributed by atoms with E-state index in [9.17, 15) is 28.3 Å². The van der Waals surface area contributed by atoms with E-state index in [1.165, 1.54) is 28.0 Å². The van der Waals surface area contributed by atoms with E-state index in [1.54, 1.807) is 35.1 Å². The van der Waals surface area contributed by atoms with Gasteiger partial charge in [0.1, 0.15) is 30.3 Å². The Bertz CT molecular complexity index is 1660. The van der Waals surface area contributed by atoms with Gasteiger partial charge in [-0.25, -0.2) is 33.4 Å². The molecule has 248 valence electrons. The summed E-state index contributed by atoms with van der Waals surface area (Å²) in [7, 11) is -13.8. The van der Waals surface area contributed by atoms with E-state index >= 15 is 0 Å². The van der Waals surface area contributed by atoms with Crippen LogP contribution in [0.25, 0.3) is 11.2 Å². The number of anilines is 1. The van der Waals surface area contributed by atoms with Gasteiger partial charge in [0, 0.05) is 24.0 Å². The van der Waals surface area contributed by atoms with E-state index in [1.807, 2.05) is 6.92 Å². The third kappa shape index (κ3) is 9.79.